The molecule has 6 nitrogen and oxygen atoms in total. The molecule has 1 amide bonds. The lowest BCUT2D eigenvalue weighted by molar-refractivity contribution is 0.0966. The van der Waals surface area contributed by atoms with E-state index in [0.29, 0.717) is 32.9 Å². The van der Waals surface area contributed by atoms with Crippen molar-refractivity contribution in [1.82, 2.24) is 10.3 Å². The van der Waals surface area contributed by atoms with Crippen molar-refractivity contribution in [3.63, 3.8) is 0 Å². The third kappa shape index (κ3) is 4.64. The first kappa shape index (κ1) is 24.4. The van der Waals surface area contributed by atoms with Gasteiger partial charge < -0.3 is 14.5 Å². The van der Waals surface area contributed by atoms with E-state index in [4.69, 9.17) is 28.2 Å². The predicted molar refractivity (Wildman–Crippen MR) is 126 cm³/mol. The van der Waals surface area contributed by atoms with Gasteiger partial charge in [0.2, 0.25) is 17.5 Å². The van der Waals surface area contributed by atoms with E-state index in [9.17, 15) is 22.4 Å². The molecule has 3 aromatic carbocycles. The Balaban J connectivity index is 1.57. The van der Waals surface area contributed by atoms with Crippen LogP contribution < -0.4 is 15.4 Å². The number of halogens is 5. The molecule has 0 saturated carbocycles. The van der Waals surface area contributed by atoms with Crippen molar-refractivity contribution in [3.8, 4) is 17.2 Å². The lowest BCUT2D eigenvalue weighted by Gasteiger charge is -2.14. The van der Waals surface area contributed by atoms with E-state index in [1.54, 1.807) is 43.3 Å². The number of carbonyl (C=O) groups excluding carboxylic acids is 1. The Morgan fingerprint density at radius 1 is 1.06 bits per heavy atom. The van der Waals surface area contributed by atoms with Gasteiger partial charge in [-0.15, -0.1) is 0 Å². The van der Waals surface area contributed by atoms with Crippen molar-refractivity contribution in [2.24, 2.45) is 0 Å². The summed E-state index contributed by atoms with van der Waals surface area (Å²) >= 11 is 11.0. The molecule has 0 spiro atoms. The Morgan fingerprint density at radius 2 is 1.74 bits per heavy atom. The summed E-state index contributed by atoms with van der Waals surface area (Å²) in [5.74, 6) is -10.0. The smallest absolute Gasteiger partial charge is 0.263 e. The summed E-state index contributed by atoms with van der Waals surface area (Å²) in [7, 11) is 0.825. The molecule has 1 aromatic heterocycles. The quantitative estimate of drug-likeness (QED) is 0.190. The Labute approximate surface area is 205 Å². The van der Waals surface area contributed by atoms with Gasteiger partial charge in [-0.1, -0.05) is 17.7 Å². The van der Waals surface area contributed by atoms with Crippen LogP contribution in [0.3, 0.4) is 0 Å². The van der Waals surface area contributed by atoms with Crippen LogP contribution >= 0.6 is 23.8 Å². The first-order valence-electron chi connectivity index (χ1n) is 9.80. The molecule has 0 unspecified atom stereocenters. The number of ether oxygens (including phenoxy) is 1. The van der Waals surface area contributed by atoms with Crippen LogP contribution in [0.2, 0.25) is 5.02 Å². The minimum atomic E-state index is -1.92. The number of fused-ring (bicyclic) bond motifs is 1. The van der Waals surface area contributed by atoms with E-state index in [0.717, 1.165) is 7.11 Å². The molecule has 0 bridgehead atoms. The first-order valence-corrected chi connectivity index (χ1v) is 10.6. The standard InChI is InChI=1S/C23H14ClF4N3O3S/c1-9-3-4-10(22-29-13-8-11(24)5-6-14(13)34-22)7-12(9)30-23(35)31-21(32)15-16(25)18(27)20(33-2)19(28)17(15)26/h3-8H,1-2H3,(H2,30,31,32,35). The van der Waals surface area contributed by atoms with Gasteiger partial charge in [-0.25, -0.2) is 13.8 Å². The predicted octanol–water partition coefficient (Wildman–Crippen LogP) is 6.15. The van der Waals surface area contributed by atoms with Crippen molar-refractivity contribution in [3.05, 3.63) is 75.8 Å². The molecule has 0 aliphatic rings. The van der Waals surface area contributed by atoms with Gasteiger partial charge >= 0.3 is 0 Å². The van der Waals surface area contributed by atoms with Crippen molar-refractivity contribution in [2.45, 2.75) is 6.92 Å². The number of oxazole rings is 1. The van der Waals surface area contributed by atoms with Crippen LogP contribution in [0.5, 0.6) is 5.75 Å². The topological polar surface area (TPSA) is 76.4 Å². The summed E-state index contributed by atoms with van der Waals surface area (Å²) < 4.78 is 66.4. The zero-order valence-corrected chi connectivity index (χ0v) is 19.5. The van der Waals surface area contributed by atoms with Gasteiger partial charge in [-0.05, 0) is 55.0 Å². The highest BCUT2D eigenvalue weighted by Crippen LogP contribution is 2.31. The molecule has 4 rings (SSSR count). The summed E-state index contributed by atoms with van der Waals surface area (Å²) in [6.07, 6.45) is 0. The zero-order chi connectivity index (χ0) is 25.4. The van der Waals surface area contributed by atoms with Crippen molar-refractivity contribution >= 4 is 51.6 Å². The summed E-state index contributed by atoms with van der Waals surface area (Å²) in [5.41, 5.74) is 1.22. The Hall–Kier alpha value is -3.70. The Bertz CT molecular complexity index is 1480. The summed E-state index contributed by atoms with van der Waals surface area (Å²) in [6.45, 7) is 1.73. The van der Waals surface area contributed by atoms with Crippen LogP contribution in [0.15, 0.2) is 40.8 Å². The molecule has 4 aromatic rings. The molecule has 0 atom stereocenters. The minimum Gasteiger partial charge on any atom is -0.491 e. The van der Waals surface area contributed by atoms with Crippen molar-refractivity contribution in [1.29, 1.82) is 0 Å². The molecule has 1 heterocycles. The second-order valence-electron chi connectivity index (χ2n) is 7.23. The highest BCUT2D eigenvalue weighted by molar-refractivity contribution is 7.80. The number of methoxy groups -OCH3 is 1. The van der Waals surface area contributed by atoms with E-state index < -0.39 is 40.5 Å². The third-order valence-electron chi connectivity index (χ3n) is 4.96. The number of thiocarbonyl (C=S) groups is 1. The van der Waals surface area contributed by atoms with E-state index in [2.05, 4.69) is 15.0 Å². The lowest BCUT2D eigenvalue weighted by atomic mass is 10.1. The average molecular weight is 524 g/mol. The van der Waals surface area contributed by atoms with Gasteiger partial charge in [0, 0.05) is 16.3 Å². The molecule has 180 valence electrons. The number of nitrogens with zero attached hydrogens (tertiary/aromatic N) is 1. The molecular formula is C23H14ClF4N3O3S. The molecule has 35 heavy (non-hydrogen) atoms. The Kier molecular flexibility index (Phi) is 6.64. The monoisotopic (exact) mass is 523 g/mol. The number of amides is 1. The van der Waals surface area contributed by atoms with E-state index in [-0.39, 0.29) is 11.0 Å². The molecule has 2 N–H and O–H groups in total. The highest BCUT2D eigenvalue weighted by atomic mass is 35.5. The normalized spacial score (nSPS) is 10.9. The number of aromatic nitrogens is 1. The van der Waals surface area contributed by atoms with Gasteiger partial charge in [0.05, 0.1) is 7.11 Å². The fraction of sp³-hybridized carbons (Fsp3) is 0.0870. The van der Waals surface area contributed by atoms with Gasteiger partial charge in [-0.2, -0.15) is 8.78 Å². The number of rotatable bonds is 4. The number of benzene rings is 3. The molecule has 0 aliphatic carbocycles. The van der Waals surface area contributed by atoms with Crippen LogP contribution in [0.4, 0.5) is 23.2 Å². The SMILES string of the molecule is COc1c(F)c(F)c(C(=O)NC(=S)Nc2cc(-c3nc4cc(Cl)ccc4o3)ccc2C)c(F)c1F. The van der Waals surface area contributed by atoms with Gasteiger partial charge in [-0.3, -0.25) is 10.1 Å². The van der Waals surface area contributed by atoms with Crippen LogP contribution in [-0.4, -0.2) is 23.1 Å². The van der Waals surface area contributed by atoms with Crippen LogP contribution in [0, 0.1) is 30.2 Å². The Morgan fingerprint density at radius 3 is 2.40 bits per heavy atom. The second-order valence-corrected chi connectivity index (χ2v) is 8.08. The number of nitrogens with one attached hydrogen (secondary N) is 2. The molecule has 0 aliphatic heterocycles. The summed E-state index contributed by atoms with van der Waals surface area (Å²) in [5, 5.41) is 4.83. The average Bonchev–Trinajstić information content (AvgIpc) is 3.23. The fourth-order valence-corrected chi connectivity index (χ4v) is 3.59. The highest BCUT2D eigenvalue weighted by Gasteiger charge is 2.30. The van der Waals surface area contributed by atoms with E-state index in [1.807, 2.05) is 5.32 Å². The van der Waals surface area contributed by atoms with Crippen LogP contribution in [-0.2, 0) is 0 Å². The number of hydrogen-bond donors (Lipinski definition) is 2. The maximum atomic E-state index is 14.2. The molecular weight excluding hydrogens is 510 g/mol. The third-order valence-corrected chi connectivity index (χ3v) is 5.40. The maximum absolute atomic E-state index is 14.2. The number of anilines is 1. The number of aryl methyl sites for hydroxylation is 1. The number of carbonyl (C=O) groups is 1. The largest absolute Gasteiger partial charge is 0.491 e. The lowest BCUT2D eigenvalue weighted by Crippen LogP contribution is -2.35. The second kappa shape index (κ2) is 9.51. The maximum Gasteiger partial charge on any atom is 0.263 e. The van der Waals surface area contributed by atoms with Crippen molar-refractivity contribution in [2.75, 3.05) is 12.4 Å². The molecule has 0 fully saturated rings. The van der Waals surface area contributed by atoms with E-state index in [1.165, 1.54) is 0 Å². The van der Waals surface area contributed by atoms with Gasteiger partial charge in [0.1, 0.15) is 11.1 Å². The summed E-state index contributed by atoms with van der Waals surface area (Å²) in [6, 6.07) is 10.1. The first-order chi connectivity index (χ1) is 16.6. The van der Waals surface area contributed by atoms with Gasteiger partial charge in [0.15, 0.2) is 28.1 Å². The molecule has 12 heteroatoms. The molecule has 0 saturated heterocycles. The van der Waals surface area contributed by atoms with E-state index >= 15 is 0 Å². The van der Waals surface area contributed by atoms with Crippen LogP contribution in [0.25, 0.3) is 22.6 Å². The van der Waals surface area contributed by atoms with Crippen LogP contribution in [0.1, 0.15) is 15.9 Å². The van der Waals surface area contributed by atoms with Gasteiger partial charge in [0.25, 0.3) is 5.91 Å². The summed E-state index contributed by atoms with van der Waals surface area (Å²) in [4.78, 5) is 16.7. The fourth-order valence-electron chi connectivity index (χ4n) is 3.22. The van der Waals surface area contributed by atoms with Crippen molar-refractivity contribution < 1.29 is 31.5 Å². The number of hydrogen-bond acceptors (Lipinski definition) is 5. The minimum absolute atomic E-state index is 0.286. The molecule has 0 radical (unpaired) electrons. The zero-order valence-electron chi connectivity index (χ0n) is 17.9.